The van der Waals surface area contributed by atoms with E-state index in [0.717, 1.165) is 0 Å². The molecule has 6 heteroatoms. The largest absolute Gasteiger partial charge is 0.497 e. The molecule has 1 aliphatic rings. The molecule has 1 heterocycles. The molecule has 0 spiro atoms. The van der Waals surface area contributed by atoms with Gasteiger partial charge in [-0.15, -0.1) is 0 Å². The van der Waals surface area contributed by atoms with E-state index in [2.05, 4.69) is 0 Å². The minimum absolute atomic E-state index is 0.362. The molecule has 0 radical (unpaired) electrons. The van der Waals surface area contributed by atoms with Crippen molar-refractivity contribution in [2.45, 2.75) is 11.7 Å². The maximum absolute atomic E-state index is 11.4. The van der Waals surface area contributed by atoms with Crippen molar-refractivity contribution >= 4 is 10.0 Å². The zero-order chi connectivity index (χ0) is 11.8. The highest BCUT2D eigenvalue weighted by atomic mass is 32.2. The number of methoxy groups -OCH3 is 1. The summed E-state index contributed by atoms with van der Waals surface area (Å²) >= 11 is 0. The van der Waals surface area contributed by atoms with E-state index in [1.165, 1.54) is 7.11 Å². The third-order valence-corrected chi connectivity index (χ3v) is 3.88. The molecule has 0 amide bonds. The molecule has 2 rings (SSSR count). The number of hydrogen-bond donors (Lipinski definition) is 1. The lowest BCUT2D eigenvalue weighted by molar-refractivity contribution is 0.282. The quantitative estimate of drug-likeness (QED) is 0.833. The summed E-state index contributed by atoms with van der Waals surface area (Å²) < 4.78 is 33.3. The van der Waals surface area contributed by atoms with E-state index in [1.807, 2.05) is 0 Å². The van der Waals surface area contributed by atoms with Gasteiger partial charge >= 0.3 is 0 Å². The number of nitrogens with two attached hydrogens (primary N) is 1. The second-order valence-electron chi connectivity index (χ2n) is 3.62. The van der Waals surface area contributed by atoms with Crippen LogP contribution in [0.3, 0.4) is 0 Å². The van der Waals surface area contributed by atoms with Crippen LogP contribution < -0.4 is 14.6 Å². The highest BCUT2D eigenvalue weighted by Crippen LogP contribution is 2.38. The van der Waals surface area contributed by atoms with Crippen molar-refractivity contribution in [1.82, 2.24) is 0 Å². The Balaban J connectivity index is 2.52. The first kappa shape index (κ1) is 11.2. The number of hydrogen-bond acceptors (Lipinski definition) is 4. The lowest BCUT2D eigenvalue weighted by Crippen LogP contribution is -2.26. The van der Waals surface area contributed by atoms with Crippen LogP contribution in [-0.4, -0.2) is 22.1 Å². The van der Waals surface area contributed by atoms with Crippen molar-refractivity contribution in [2.75, 3.05) is 13.7 Å². The SMILES string of the molecule is COc1ccc2c(c1)C(S(N)(=O)=O)CCO2. The molecule has 1 atom stereocenters. The fraction of sp³-hybridized carbons (Fsp3) is 0.400. The Hall–Kier alpha value is -1.27. The number of ether oxygens (including phenoxy) is 2. The second-order valence-corrected chi connectivity index (χ2v) is 5.37. The van der Waals surface area contributed by atoms with Crippen LogP contribution in [0.25, 0.3) is 0 Å². The maximum atomic E-state index is 11.4. The van der Waals surface area contributed by atoms with Crippen molar-refractivity contribution in [2.24, 2.45) is 5.14 Å². The molecule has 1 aromatic carbocycles. The van der Waals surface area contributed by atoms with Crippen LogP contribution in [0.1, 0.15) is 17.2 Å². The number of benzene rings is 1. The number of fused-ring (bicyclic) bond motifs is 1. The van der Waals surface area contributed by atoms with Gasteiger partial charge in [-0.25, -0.2) is 13.6 Å². The van der Waals surface area contributed by atoms with E-state index in [1.54, 1.807) is 18.2 Å². The number of sulfonamides is 1. The van der Waals surface area contributed by atoms with Crippen LogP contribution in [-0.2, 0) is 10.0 Å². The molecule has 0 bridgehead atoms. The van der Waals surface area contributed by atoms with Gasteiger partial charge in [0.05, 0.1) is 13.7 Å². The van der Waals surface area contributed by atoms with Crippen LogP contribution in [0.15, 0.2) is 18.2 Å². The highest BCUT2D eigenvalue weighted by molar-refractivity contribution is 7.89. The van der Waals surface area contributed by atoms with Crippen LogP contribution in [0.2, 0.25) is 0 Å². The molecular weight excluding hydrogens is 230 g/mol. The third kappa shape index (κ3) is 1.98. The molecule has 5 nitrogen and oxygen atoms in total. The molecule has 16 heavy (non-hydrogen) atoms. The first-order chi connectivity index (χ1) is 7.52. The molecule has 88 valence electrons. The van der Waals surface area contributed by atoms with E-state index < -0.39 is 15.3 Å². The van der Waals surface area contributed by atoms with Crippen LogP contribution in [0, 0.1) is 0 Å². The third-order valence-electron chi connectivity index (χ3n) is 2.60. The smallest absolute Gasteiger partial charge is 0.216 e. The summed E-state index contributed by atoms with van der Waals surface area (Å²) in [5.41, 5.74) is 0.577. The molecule has 0 aliphatic carbocycles. The molecular formula is C10H13NO4S. The topological polar surface area (TPSA) is 78.6 Å². The molecule has 1 unspecified atom stereocenters. The second kappa shape index (κ2) is 3.95. The number of rotatable bonds is 2. The summed E-state index contributed by atoms with van der Waals surface area (Å²) in [6.07, 6.45) is 0.374. The Morgan fingerprint density at radius 2 is 2.25 bits per heavy atom. The first-order valence-electron chi connectivity index (χ1n) is 4.84. The van der Waals surface area contributed by atoms with Gasteiger partial charge in [-0.3, -0.25) is 0 Å². The molecule has 0 saturated heterocycles. The summed E-state index contributed by atoms with van der Waals surface area (Å²) in [7, 11) is -2.07. The fourth-order valence-corrected chi connectivity index (χ4v) is 2.77. The monoisotopic (exact) mass is 243 g/mol. The van der Waals surface area contributed by atoms with Gasteiger partial charge in [0.25, 0.3) is 0 Å². The summed E-state index contributed by atoms with van der Waals surface area (Å²) in [5, 5.41) is 4.49. The summed E-state index contributed by atoms with van der Waals surface area (Å²) in [5.74, 6) is 1.16. The van der Waals surface area contributed by atoms with Crippen LogP contribution in [0.5, 0.6) is 11.5 Å². The van der Waals surface area contributed by atoms with Gasteiger partial charge in [0.15, 0.2) is 0 Å². The average molecular weight is 243 g/mol. The number of primary sulfonamides is 1. The van der Waals surface area contributed by atoms with Crippen molar-refractivity contribution in [3.63, 3.8) is 0 Å². The lowest BCUT2D eigenvalue weighted by atomic mass is 10.1. The van der Waals surface area contributed by atoms with Crippen molar-refractivity contribution in [3.8, 4) is 11.5 Å². The highest BCUT2D eigenvalue weighted by Gasteiger charge is 2.30. The average Bonchev–Trinajstić information content (AvgIpc) is 2.26. The zero-order valence-corrected chi connectivity index (χ0v) is 9.66. The molecule has 0 saturated carbocycles. The molecule has 0 fully saturated rings. The normalized spacial score (nSPS) is 19.8. The standard InChI is InChI=1S/C10H13NO4S/c1-14-7-2-3-9-8(6-7)10(4-5-15-9)16(11,12)13/h2-3,6,10H,4-5H2,1H3,(H2,11,12,13). The summed E-state index contributed by atoms with van der Waals surface area (Å²) in [6.45, 7) is 0.362. The predicted octanol–water partition coefficient (Wildman–Crippen LogP) is 0.807. The minimum atomic E-state index is -3.60. The van der Waals surface area contributed by atoms with E-state index >= 15 is 0 Å². The van der Waals surface area contributed by atoms with Crippen molar-refractivity contribution < 1.29 is 17.9 Å². The zero-order valence-electron chi connectivity index (χ0n) is 8.84. The molecule has 2 N–H and O–H groups in total. The van der Waals surface area contributed by atoms with Gasteiger partial charge in [0, 0.05) is 12.0 Å². The van der Waals surface area contributed by atoms with Gasteiger partial charge in [-0.05, 0) is 18.2 Å². The van der Waals surface area contributed by atoms with Gasteiger partial charge in [-0.1, -0.05) is 0 Å². The van der Waals surface area contributed by atoms with Crippen LogP contribution >= 0.6 is 0 Å². The van der Waals surface area contributed by atoms with E-state index in [4.69, 9.17) is 14.6 Å². The van der Waals surface area contributed by atoms with Gasteiger partial charge in [0.1, 0.15) is 16.7 Å². The van der Waals surface area contributed by atoms with Crippen molar-refractivity contribution in [3.05, 3.63) is 23.8 Å². The summed E-state index contributed by atoms with van der Waals surface area (Å²) in [6, 6.07) is 5.08. The maximum Gasteiger partial charge on any atom is 0.216 e. The van der Waals surface area contributed by atoms with Gasteiger partial charge in [-0.2, -0.15) is 0 Å². The molecule has 1 aromatic rings. The Bertz CT molecular complexity index is 498. The van der Waals surface area contributed by atoms with E-state index in [9.17, 15) is 8.42 Å². The van der Waals surface area contributed by atoms with E-state index in [-0.39, 0.29) is 0 Å². The summed E-state index contributed by atoms with van der Waals surface area (Å²) in [4.78, 5) is 0. The predicted molar refractivity (Wildman–Crippen MR) is 59.0 cm³/mol. The lowest BCUT2D eigenvalue weighted by Gasteiger charge is -2.24. The molecule has 0 aromatic heterocycles. The van der Waals surface area contributed by atoms with Crippen molar-refractivity contribution in [1.29, 1.82) is 0 Å². The Labute approximate surface area is 94.2 Å². The van der Waals surface area contributed by atoms with Gasteiger partial charge in [0.2, 0.25) is 10.0 Å². The Morgan fingerprint density at radius 3 is 2.88 bits per heavy atom. The fourth-order valence-electron chi connectivity index (χ4n) is 1.81. The Morgan fingerprint density at radius 1 is 1.50 bits per heavy atom. The minimum Gasteiger partial charge on any atom is -0.497 e. The van der Waals surface area contributed by atoms with E-state index in [0.29, 0.717) is 30.1 Å². The van der Waals surface area contributed by atoms with Crippen LogP contribution in [0.4, 0.5) is 0 Å². The molecule has 1 aliphatic heterocycles. The van der Waals surface area contributed by atoms with Gasteiger partial charge < -0.3 is 9.47 Å². The Kier molecular flexibility index (Phi) is 2.77. The first-order valence-corrected chi connectivity index (χ1v) is 6.45.